The van der Waals surface area contributed by atoms with Crippen LogP contribution in [0, 0.1) is 11.6 Å². The molecular formula is C23H23F2N5OS2. The highest BCUT2D eigenvalue weighted by molar-refractivity contribution is 7.98. The number of fused-ring (bicyclic) bond motifs is 1. The van der Waals surface area contributed by atoms with Crippen LogP contribution in [0.1, 0.15) is 25.0 Å². The molecule has 4 aromatic rings. The van der Waals surface area contributed by atoms with Crippen LogP contribution in [0.25, 0.3) is 10.3 Å². The van der Waals surface area contributed by atoms with Gasteiger partial charge >= 0.3 is 0 Å². The van der Waals surface area contributed by atoms with E-state index in [2.05, 4.69) is 25.6 Å². The molecule has 2 aromatic heterocycles. The smallest absolute Gasteiger partial charge is 0.191 e. The van der Waals surface area contributed by atoms with Crippen molar-refractivity contribution in [2.24, 2.45) is 0 Å². The van der Waals surface area contributed by atoms with E-state index >= 15 is 0 Å². The number of thiazole rings is 1. The Hall–Kier alpha value is -2.82. The first-order valence-corrected chi connectivity index (χ1v) is 12.1. The van der Waals surface area contributed by atoms with Crippen LogP contribution in [-0.2, 0) is 12.3 Å². The third-order valence-electron chi connectivity index (χ3n) is 4.76. The molecule has 0 aliphatic heterocycles. The SMILES string of the molecule is CC(C)(CO)Nc1nc(SCc2cccc(F)c2F)nc2nc(NCc3ccccc3)sc12. The minimum Gasteiger partial charge on any atom is -0.394 e. The molecule has 0 spiro atoms. The molecule has 0 saturated heterocycles. The lowest BCUT2D eigenvalue weighted by atomic mass is 10.1. The van der Waals surface area contributed by atoms with Crippen molar-refractivity contribution in [3.05, 3.63) is 71.3 Å². The highest BCUT2D eigenvalue weighted by Crippen LogP contribution is 2.34. The van der Waals surface area contributed by atoms with E-state index in [9.17, 15) is 13.9 Å². The van der Waals surface area contributed by atoms with Crippen molar-refractivity contribution in [3.8, 4) is 0 Å². The number of aliphatic hydroxyl groups excluding tert-OH is 1. The average molecular weight is 488 g/mol. The zero-order valence-corrected chi connectivity index (χ0v) is 19.7. The van der Waals surface area contributed by atoms with Gasteiger partial charge in [0.2, 0.25) is 0 Å². The summed E-state index contributed by atoms with van der Waals surface area (Å²) in [6.07, 6.45) is 0. The molecular weight excluding hydrogens is 464 g/mol. The fraction of sp³-hybridized carbons (Fsp3) is 0.261. The molecule has 4 rings (SSSR count). The molecule has 0 amide bonds. The molecule has 0 unspecified atom stereocenters. The van der Waals surface area contributed by atoms with Crippen LogP contribution in [0.4, 0.5) is 19.7 Å². The van der Waals surface area contributed by atoms with Crippen LogP contribution < -0.4 is 10.6 Å². The summed E-state index contributed by atoms with van der Waals surface area (Å²) in [6.45, 7) is 4.21. The van der Waals surface area contributed by atoms with E-state index in [1.165, 1.54) is 35.2 Å². The summed E-state index contributed by atoms with van der Waals surface area (Å²) in [7, 11) is 0. The molecule has 172 valence electrons. The van der Waals surface area contributed by atoms with Crippen molar-refractivity contribution in [1.82, 2.24) is 15.0 Å². The molecule has 6 nitrogen and oxygen atoms in total. The van der Waals surface area contributed by atoms with Crippen molar-refractivity contribution in [2.75, 3.05) is 17.2 Å². The standard InChI is InChI=1S/C23H23F2N5OS2/c1-23(2,13-31)30-20-18-19(27-21(33-18)26-11-14-7-4-3-5-8-14)28-22(29-20)32-12-15-9-6-10-16(24)17(15)25/h3-10,31H,11-13H2,1-2H3,(H2,26,27,28,29,30). The Kier molecular flexibility index (Phi) is 7.06. The van der Waals surface area contributed by atoms with Crippen LogP contribution in [0.3, 0.4) is 0 Å². The number of nitrogens with zero attached hydrogens (tertiary/aromatic N) is 3. The van der Waals surface area contributed by atoms with Gasteiger partial charge in [-0.3, -0.25) is 0 Å². The largest absolute Gasteiger partial charge is 0.394 e. The van der Waals surface area contributed by atoms with Gasteiger partial charge in [0, 0.05) is 17.9 Å². The molecule has 0 aliphatic rings. The number of thioether (sulfide) groups is 1. The fourth-order valence-corrected chi connectivity index (χ4v) is 4.62. The van der Waals surface area contributed by atoms with Crippen LogP contribution in [0.15, 0.2) is 53.7 Å². The van der Waals surface area contributed by atoms with Gasteiger partial charge in [0.15, 0.2) is 33.4 Å². The van der Waals surface area contributed by atoms with Gasteiger partial charge < -0.3 is 15.7 Å². The maximum atomic E-state index is 14.0. The molecule has 0 saturated carbocycles. The maximum Gasteiger partial charge on any atom is 0.191 e. The van der Waals surface area contributed by atoms with Gasteiger partial charge in [-0.25, -0.2) is 18.7 Å². The van der Waals surface area contributed by atoms with Gasteiger partial charge in [0.25, 0.3) is 0 Å². The second kappa shape index (κ2) is 9.98. The molecule has 0 atom stereocenters. The second-order valence-electron chi connectivity index (χ2n) is 8.03. The van der Waals surface area contributed by atoms with Crippen molar-refractivity contribution >= 4 is 44.4 Å². The molecule has 0 aliphatic carbocycles. The van der Waals surface area contributed by atoms with Gasteiger partial charge in [0.05, 0.1) is 12.1 Å². The Morgan fingerprint density at radius 1 is 1.03 bits per heavy atom. The second-order valence-corrected chi connectivity index (χ2v) is 9.98. The number of benzene rings is 2. The highest BCUT2D eigenvalue weighted by atomic mass is 32.2. The Labute approximate surface area is 198 Å². The third-order valence-corrected chi connectivity index (χ3v) is 6.67. The van der Waals surface area contributed by atoms with E-state index < -0.39 is 17.2 Å². The monoisotopic (exact) mass is 487 g/mol. The van der Waals surface area contributed by atoms with Gasteiger partial charge in [-0.05, 0) is 25.5 Å². The quantitative estimate of drug-likeness (QED) is 0.214. The zero-order valence-electron chi connectivity index (χ0n) is 18.1. The van der Waals surface area contributed by atoms with E-state index in [4.69, 9.17) is 0 Å². The minimum absolute atomic E-state index is 0.104. The van der Waals surface area contributed by atoms with Crippen molar-refractivity contribution < 1.29 is 13.9 Å². The Morgan fingerprint density at radius 2 is 1.82 bits per heavy atom. The van der Waals surface area contributed by atoms with Crippen molar-refractivity contribution in [2.45, 2.75) is 36.8 Å². The Morgan fingerprint density at radius 3 is 2.58 bits per heavy atom. The average Bonchev–Trinajstić information content (AvgIpc) is 3.22. The summed E-state index contributed by atoms with van der Waals surface area (Å²) in [5, 5.41) is 17.3. The van der Waals surface area contributed by atoms with Gasteiger partial charge in [-0.2, -0.15) is 4.98 Å². The van der Waals surface area contributed by atoms with Crippen LogP contribution in [0.5, 0.6) is 0 Å². The van der Waals surface area contributed by atoms with Gasteiger partial charge in [0.1, 0.15) is 4.70 Å². The topological polar surface area (TPSA) is 83.0 Å². The molecule has 0 bridgehead atoms. The predicted octanol–water partition coefficient (Wildman–Crippen LogP) is 5.45. The van der Waals surface area contributed by atoms with Gasteiger partial charge in [-0.15, -0.1) is 0 Å². The highest BCUT2D eigenvalue weighted by Gasteiger charge is 2.21. The summed E-state index contributed by atoms with van der Waals surface area (Å²) in [5.41, 5.74) is 1.22. The van der Waals surface area contributed by atoms with E-state index in [1.54, 1.807) is 0 Å². The van der Waals surface area contributed by atoms with Gasteiger partial charge in [-0.1, -0.05) is 65.6 Å². The normalized spacial score (nSPS) is 11.7. The number of hydrogen-bond donors (Lipinski definition) is 3. The van der Waals surface area contributed by atoms with Crippen LogP contribution in [0.2, 0.25) is 0 Å². The van der Waals surface area contributed by atoms with Crippen LogP contribution >= 0.6 is 23.1 Å². The predicted molar refractivity (Wildman–Crippen MR) is 130 cm³/mol. The van der Waals surface area contributed by atoms with E-state index in [1.807, 2.05) is 44.2 Å². The lowest BCUT2D eigenvalue weighted by molar-refractivity contribution is 0.234. The molecule has 2 aromatic carbocycles. The van der Waals surface area contributed by atoms with Crippen molar-refractivity contribution in [1.29, 1.82) is 0 Å². The third kappa shape index (κ3) is 5.76. The summed E-state index contributed by atoms with van der Waals surface area (Å²) in [4.78, 5) is 13.7. The maximum absolute atomic E-state index is 14.0. The number of nitrogens with one attached hydrogen (secondary N) is 2. The summed E-state index contributed by atoms with van der Waals surface area (Å²) >= 11 is 2.60. The molecule has 0 radical (unpaired) electrons. The molecule has 33 heavy (non-hydrogen) atoms. The first-order chi connectivity index (χ1) is 15.8. The summed E-state index contributed by atoms with van der Waals surface area (Å²) < 4.78 is 28.3. The number of hydrogen-bond acceptors (Lipinski definition) is 8. The number of halogens is 2. The van der Waals surface area contributed by atoms with Crippen LogP contribution in [-0.4, -0.2) is 32.2 Å². The number of aliphatic hydroxyl groups is 1. The number of anilines is 2. The zero-order chi connectivity index (χ0) is 23.4. The minimum atomic E-state index is -0.884. The molecule has 0 fully saturated rings. The molecule has 10 heteroatoms. The lowest BCUT2D eigenvalue weighted by Crippen LogP contribution is -2.35. The molecule has 2 heterocycles. The van der Waals surface area contributed by atoms with E-state index in [0.29, 0.717) is 28.3 Å². The first-order valence-electron chi connectivity index (χ1n) is 10.3. The lowest BCUT2D eigenvalue weighted by Gasteiger charge is -2.24. The van der Waals surface area contributed by atoms with Crippen molar-refractivity contribution in [3.63, 3.8) is 0 Å². The van der Waals surface area contributed by atoms with E-state index in [0.717, 1.165) is 16.3 Å². The first kappa shape index (κ1) is 23.3. The molecule has 3 N–H and O–H groups in total. The fourth-order valence-electron chi connectivity index (χ4n) is 2.96. The summed E-state index contributed by atoms with van der Waals surface area (Å²) in [5.74, 6) is -1.05. The summed E-state index contributed by atoms with van der Waals surface area (Å²) in [6, 6.07) is 14.1. The van der Waals surface area contributed by atoms with E-state index in [-0.39, 0.29) is 17.9 Å². The Bertz CT molecular complexity index is 1250. The number of aromatic nitrogens is 3. The Balaban J connectivity index is 1.62. The number of rotatable bonds is 9.